The van der Waals surface area contributed by atoms with E-state index in [1.54, 1.807) is 11.3 Å². The van der Waals surface area contributed by atoms with Gasteiger partial charge in [-0.25, -0.2) is 4.98 Å². The average molecular weight is 314 g/mol. The van der Waals surface area contributed by atoms with Crippen LogP contribution in [0, 0.1) is 5.92 Å². The largest absolute Gasteiger partial charge is 0.241 e. The van der Waals surface area contributed by atoms with E-state index in [4.69, 9.17) is 16.6 Å². The number of rotatable bonds is 2. The van der Waals surface area contributed by atoms with Crippen molar-refractivity contribution in [3.63, 3.8) is 0 Å². The van der Waals surface area contributed by atoms with Crippen LogP contribution in [-0.2, 0) is 12.8 Å². The fourth-order valence-electron chi connectivity index (χ4n) is 3.21. The van der Waals surface area contributed by atoms with Gasteiger partial charge in [0.2, 0.25) is 0 Å². The van der Waals surface area contributed by atoms with E-state index < -0.39 is 0 Å². The standard InChI is InChI=1S/C18H16ClNS/c19-18-13(10-9-12-5-1-2-6-14(12)18)11-17-20-15-7-3-4-8-16(15)21-17/h1-8,13,18H,9-11H2. The molecule has 1 aromatic heterocycles. The van der Waals surface area contributed by atoms with Gasteiger partial charge in [0.05, 0.1) is 20.6 Å². The predicted molar refractivity (Wildman–Crippen MR) is 90.2 cm³/mol. The van der Waals surface area contributed by atoms with E-state index in [0.29, 0.717) is 5.92 Å². The molecule has 3 heteroatoms. The number of aryl methyl sites for hydroxylation is 1. The highest BCUT2D eigenvalue weighted by molar-refractivity contribution is 7.18. The first-order valence-corrected chi connectivity index (χ1v) is 8.63. The van der Waals surface area contributed by atoms with Crippen LogP contribution < -0.4 is 0 Å². The van der Waals surface area contributed by atoms with Gasteiger partial charge < -0.3 is 0 Å². The predicted octanol–water partition coefficient (Wildman–Crippen LogP) is 5.38. The van der Waals surface area contributed by atoms with E-state index in [9.17, 15) is 0 Å². The number of alkyl halides is 1. The highest BCUT2D eigenvalue weighted by Gasteiger charge is 2.28. The summed E-state index contributed by atoms with van der Waals surface area (Å²) in [6.45, 7) is 0. The number of para-hydroxylation sites is 1. The first kappa shape index (κ1) is 13.3. The molecule has 0 saturated heterocycles. The lowest BCUT2D eigenvalue weighted by Gasteiger charge is -2.29. The molecule has 2 atom stereocenters. The number of nitrogens with zero attached hydrogens (tertiary/aromatic N) is 1. The molecule has 3 aromatic rings. The van der Waals surface area contributed by atoms with Crippen molar-refractivity contribution in [2.45, 2.75) is 24.6 Å². The van der Waals surface area contributed by atoms with E-state index >= 15 is 0 Å². The molecular formula is C18H16ClNS. The third-order valence-electron chi connectivity index (χ3n) is 4.33. The highest BCUT2D eigenvalue weighted by atomic mass is 35.5. The molecule has 1 heterocycles. The highest BCUT2D eigenvalue weighted by Crippen LogP contribution is 2.41. The lowest BCUT2D eigenvalue weighted by Crippen LogP contribution is -2.19. The average Bonchev–Trinajstić information content (AvgIpc) is 2.93. The number of halogens is 1. The first-order chi connectivity index (χ1) is 10.3. The summed E-state index contributed by atoms with van der Waals surface area (Å²) in [5, 5.41) is 1.33. The lowest BCUT2D eigenvalue weighted by atomic mass is 9.82. The smallest absolute Gasteiger partial charge is 0.0942 e. The van der Waals surface area contributed by atoms with Crippen molar-refractivity contribution in [1.29, 1.82) is 0 Å². The lowest BCUT2D eigenvalue weighted by molar-refractivity contribution is 0.442. The summed E-state index contributed by atoms with van der Waals surface area (Å²) in [5.74, 6) is 0.488. The molecule has 21 heavy (non-hydrogen) atoms. The summed E-state index contributed by atoms with van der Waals surface area (Å²) >= 11 is 8.54. The van der Waals surface area contributed by atoms with Gasteiger partial charge in [-0.3, -0.25) is 0 Å². The Morgan fingerprint density at radius 3 is 2.81 bits per heavy atom. The fourth-order valence-corrected chi connectivity index (χ4v) is 4.70. The summed E-state index contributed by atoms with van der Waals surface area (Å²) in [6, 6.07) is 16.9. The van der Waals surface area contributed by atoms with E-state index in [1.807, 2.05) is 6.07 Å². The Labute approximate surface area is 133 Å². The number of aromatic nitrogens is 1. The van der Waals surface area contributed by atoms with Crippen LogP contribution in [0.1, 0.15) is 27.9 Å². The molecule has 0 saturated carbocycles. The number of fused-ring (bicyclic) bond motifs is 2. The number of hydrogen-bond acceptors (Lipinski definition) is 2. The summed E-state index contributed by atoms with van der Waals surface area (Å²) < 4.78 is 1.27. The first-order valence-electron chi connectivity index (χ1n) is 7.37. The molecular weight excluding hydrogens is 298 g/mol. The summed E-state index contributed by atoms with van der Waals surface area (Å²) in [6.07, 6.45) is 3.28. The SMILES string of the molecule is ClC1c2ccccc2CCC1Cc1nc2ccccc2s1. The van der Waals surface area contributed by atoms with Crippen molar-refractivity contribution in [3.8, 4) is 0 Å². The van der Waals surface area contributed by atoms with Crippen LogP contribution in [0.5, 0.6) is 0 Å². The Hall–Kier alpha value is -1.38. The van der Waals surface area contributed by atoms with Crippen LogP contribution in [0.2, 0.25) is 0 Å². The fraction of sp³-hybridized carbons (Fsp3) is 0.278. The van der Waals surface area contributed by atoms with Gasteiger partial charge >= 0.3 is 0 Å². The third kappa shape index (κ3) is 2.47. The Bertz CT molecular complexity index is 746. The minimum Gasteiger partial charge on any atom is -0.241 e. The minimum atomic E-state index is 0.113. The summed E-state index contributed by atoms with van der Waals surface area (Å²) in [4.78, 5) is 4.76. The van der Waals surface area contributed by atoms with E-state index in [1.165, 1.54) is 20.8 Å². The molecule has 4 rings (SSSR count). The summed E-state index contributed by atoms with van der Waals surface area (Å²) in [7, 11) is 0. The van der Waals surface area contributed by atoms with Gasteiger partial charge in [0.1, 0.15) is 0 Å². The van der Waals surface area contributed by atoms with Crippen molar-refractivity contribution in [3.05, 3.63) is 64.7 Å². The van der Waals surface area contributed by atoms with Crippen molar-refractivity contribution < 1.29 is 0 Å². The van der Waals surface area contributed by atoms with Gasteiger partial charge in [-0.05, 0) is 42.0 Å². The molecule has 1 nitrogen and oxygen atoms in total. The van der Waals surface area contributed by atoms with Gasteiger partial charge in [0.25, 0.3) is 0 Å². The van der Waals surface area contributed by atoms with Crippen molar-refractivity contribution in [1.82, 2.24) is 4.98 Å². The van der Waals surface area contributed by atoms with Crippen LogP contribution in [0.3, 0.4) is 0 Å². The molecule has 0 bridgehead atoms. The van der Waals surface area contributed by atoms with Crippen LogP contribution >= 0.6 is 22.9 Å². The molecule has 0 N–H and O–H groups in total. The Morgan fingerprint density at radius 2 is 1.90 bits per heavy atom. The molecule has 106 valence electrons. The molecule has 0 radical (unpaired) electrons. The van der Waals surface area contributed by atoms with Gasteiger partial charge in [-0.15, -0.1) is 22.9 Å². The van der Waals surface area contributed by atoms with Crippen molar-refractivity contribution in [2.75, 3.05) is 0 Å². The zero-order valence-electron chi connectivity index (χ0n) is 11.6. The van der Waals surface area contributed by atoms with Crippen molar-refractivity contribution >= 4 is 33.2 Å². The quantitative estimate of drug-likeness (QED) is 0.579. The Balaban J connectivity index is 1.60. The van der Waals surface area contributed by atoms with Crippen LogP contribution in [0.4, 0.5) is 0 Å². The van der Waals surface area contributed by atoms with Gasteiger partial charge in [0.15, 0.2) is 0 Å². The van der Waals surface area contributed by atoms with E-state index in [2.05, 4.69) is 42.5 Å². The number of thiazole rings is 1. The number of benzene rings is 2. The molecule has 0 spiro atoms. The maximum absolute atomic E-state index is 6.74. The van der Waals surface area contributed by atoms with Crippen molar-refractivity contribution in [2.24, 2.45) is 5.92 Å². The molecule has 0 fully saturated rings. The maximum Gasteiger partial charge on any atom is 0.0942 e. The second-order valence-electron chi connectivity index (χ2n) is 5.68. The molecule has 2 aromatic carbocycles. The monoisotopic (exact) mass is 313 g/mol. The second kappa shape index (κ2) is 5.43. The molecule has 0 amide bonds. The normalized spacial score (nSPS) is 21.4. The minimum absolute atomic E-state index is 0.113. The third-order valence-corrected chi connectivity index (χ3v) is 5.98. The molecule has 1 aliphatic rings. The Morgan fingerprint density at radius 1 is 1.10 bits per heavy atom. The van der Waals surface area contributed by atoms with Gasteiger partial charge in [0, 0.05) is 6.42 Å². The van der Waals surface area contributed by atoms with E-state index in [0.717, 1.165) is 24.8 Å². The zero-order chi connectivity index (χ0) is 14.2. The molecule has 0 aliphatic heterocycles. The number of hydrogen-bond donors (Lipinski definition) is 0. The zero-order valence-corrected chi connectivity index (χ0v) is 13.2. The summed E-state index contributed by atoms with van der Waals surface area (Å²) in [5.41, 5.74) is 3.84. The molecule has 2 unspecified atom stereocenters. The second-order valence-corrected chi connectivity index (χ2v) is 7.26. The maximum atomic E-state index is 6.74. The molecule has 1 aliphatic carbocycles. The van der Waals surface area contributed by atoms with Crippen LogP contribution in [0.15, 0.2) is 48.5 Å². The Kier molecular flexibility index (Phi) is 3.44. The van der Waals surface area contributed by atoms with Crippen LogP contribution in [-0.4, -0.2) is 4.98 Å². The topological polar surface area (TPSA) is 12.9 Å². The van der Waals surface area contributed by atoms with E-state index in [-0.39, 0.29) is 5.38 Å². The van der Waals surface area contributed by atoms with Crippen LogP contribution in [0.25, 0.3) is 10.2 Å². The van der Waals surface area contributed by atoms with Gasteiger partial charge in [-0.1, -0.05) is 36.4 Å². The van der Waals surface area contributed by atoms with Gasteiger partial charge in [-0.2, -0.15) is 0 Å².